The molecule has 0 radical (unpaired) electrons. The van der Waals surface area contributed by atoms with Crippen LogP contribution < -0.4 is 4.74 Å². The molecule has 1 aromatic carbocycles. The van der Waals surface area contributed by atoms with Gasteiger partial charge in [0.05, 0.1) is 13.7 Å². The van der Waals surface area contributed by atoms with E-state index in [1.165, 1.54) is 19.2 Å². The Bertz CT molecular complexity index is 616. The molecule has 1 heterocycles. The highest BCUT2D eigenvalue weighted by atomic mass is 19.1. The number of rotatable bonds is 6. The van der Waals surface area contributed by atoms with E-state index in [4.69, 9.17) is 4.74 Å². The Kier molecular flexibility index (Phi) is 4.54. The Balaban J connectivity index is 2.26. The van der Waals surface area contributed by atoms with Crippen LogP contribution in [-0.2, 0) is 11.3 Å². The molecular weight excluding hydrogens is 277 g/mol. The van der Waals surface area contributed by atoms with Crippen LogP contribution in [0.1, 0.15) is 17.4 Å². The van der Waals surface area contributed by atoms with Crippen LogP contribution in [0.25, 0.3) is 0 Å². The van der Waals surface area contributed by atoms with E-state index in [2.05, 4.69) is 9.97 Å². The van der Waals surface area contributed by atoms with Gasteiger partial charge in [0.15, 0.2) is 11.6 Å². The fraction of sp³-hybridized carbons (Fsp3) is 0.286. The smallest absolute Gasteiger partial charge is 0.325 e. The molecule has 21 heavy (non-hydrogen) atoms. The summed E-state index contributed by atoms with van der Waals surface area (Å²) in [7, 11) is 3.00. The summed E-state index contributed by atoms with van der Waals surface area (Å²) in [6, 6.07) is 3.16. The number of methoxy groups -OCH3 is 1. The summed E-state index contributed by atoms with van der Waals surface area (Å²) in [5, 5.41) is 9.42. The second-order valence-corrected chi connectivity index (χ2v) is 4.59. The molecule has 0 aliphatic carbocycles. The number of carbonyl (C=O) groups is 1. The Labute approximate surface area is 121 Å². The Morgan fingerprint density at radius 3 is 2.86 bits per heavy atom. The van der Waals surface area contributed by atoms with Gasteiger partial charge in [-0.2, -0.15) is 0 Å². The summed E-state index contributed by atoms with van der Waals surface area (Å²) < 4.78 is 18.6. The van der Waals surface area contributed by atoms with Crippen LogP contribution in [0.5, 0.6) is 5.75 Å². The molecule has 2 N–H and O–H groups in total. The monoisotopic (exact) mass is 293 g/mol. The van der Waals surface area contributed by atoms with E-state index < -0.39 is 17.8 Å². The van der Waals surface area contributed by atoms with Crippen LogP contribution in [0.4, 0.5) is 4.39 Å². The van der Waals surface area contributed by atoms with E-state index in [9.17, 15) is 14.3 Å². The van der Waals surface area contributed by atoms with Crippen molar-refractivity contribution in [1.82, 2.24) is 14.9 Å². The van der Waals surface area contributed by atoms with E-state index in [0.717, 1.165) is 0 Å². The molecule has 0 amide bonds. The Morgan fingerprint density at radius 1 is 1.57 bits per heavy atom. The first-order valence-electron chi connectivity index (χ1n) is 6.27. The van der Waals surface area contributed by atoms with Crippen molar-refractivity contribution in [2.24, 2.45) is 0 Å². The number of nitrogens with one attached hydrogen (secondary N) is 1. The van der Waals surface area contributed by atoms with Crippen LogP contribution >= 0.6 is 0 Å². The minimum Gasteiger partial charge on any atom is -0.494 e. The lowest BCUT2D eigenvalue weighted by Gasteiger charge is -2.24. The molecule has 0 aliphatic rings. The van der Waals surface area contributed by atoms with Gasteiger partial charge in [-0.25, -0.2) is 9.37 Å². The van der Waals surface area contributed by atoms with Crippen molar-refractivity contribution < 1.29 is 19.0 Å². The highest BCUT2D eigenvalue weighted by Crippen LogP contribution is 2.26. The van der Waals surface area contributed by atoms with Crippen LogP contribution in [0.15, 0.2) is 30.6 Å². The van der Waals surface area contributed by atoms with Crippen molar-refractivity contribution in [3.63, 3.8) is 0 Å². The van der Waals surface area contributed by atoms with Crippen molar-refractivity contribution >= 4 is 5.97 Å². The van der Waals surface area contributed by atoms with Crippen molar-refractivity contribution in [2.75, 3.05) is 14.2 Å². The normalized spacial score (nSPS) is 12.4. The summed E-state index contributed by atoms with van der Waals surface area (Å²) in [5.74, 6) is -0.935. The number of nitrogens with zero attached hydrogens (tertiary/aromatic N) is 2. The van der Waals surface area contributed by atoms with Gasteiger partial charge in [0.1, 0.15) is 11.9 Å². The second-order valence-electron chi connectivity index (χ2n) is 4.59. The fourth-order valence-electron chi connectivity index (χ4n) is 2.15. The summed E-state index contributed by atoms with van der Waals surface area (Å²) in [6.45, 7) is 0.303. The quantitative estimate of drug-likeness (QED) is 0.849. The number of imidazole rings is 1. The minimum atomic E-state index is -1.06. The number of aromatic nitrogens is 2. The first-order chi connectivity index (χ1) is 10.0. The van der Waals surface area contributed by atoms with Gasteiger partial charge in [-0.1, -0.05) is 6.07 Å². The van der Waals surface area contributed by atoms with E-state index >= 15 is 0 Å². The molecule has 112 valence electrons. The number of benzene rings is 1. The molecule has 0 spiro atoms. The Morgan fingerprint density at radius 2 is 2.33 bits per heavy atom. The molecule has 2 rings (SSSR count). The molecule has 1 unspecified atom stereocenters. The molecule has 0 fully saturated rings. The third-order valence-electron chi connectivity index (χ3n) is 3.12. The zero-order valence-electron chi connectivity index (χ0n) is 11.7. The lowest BCUT2D eigenvalue weighted by atomic mass is 10.1. The maximum absolute atomic E-state index is 13.8. The first kappa shape index (κ1) is 15.0. The summed E-state index contributed by atoms with van der Waals surface area (Å²) in [6.07, 6.45) is 3.25. The number of H-pyrrole nitrogens is 1. The van der Waals surface area contributed by atoms with Crippen molar-refractivity contribution in [1.29, 1.82) is 0 Å². The van der Waals surface area contributed by atoms with Gasteiger partial charge >= 0.3 is 5.97 Å². The molecular formula is C14H16FN3O3. The van der Waals surface area contributed by atoms with E-state index in [-0.39, 0.29) is 5.75 Å². The van der Waals surface area contributed by atoms with E-state index in [1.54, 1.807) is 30.4 Å². The lowest BCUT2D eigenvalue weighted by molar-refractivity contribution is -0.143. The molecule has 0 saturated heterocycles. The minimum absolute atomic E-state index is 0.0802. The third kappa shape index (κ3) is 3.38. The average Bonchev–Trinajstić information content (AvgIpc) is 2.91. The standard InChI is InChI=1S/C14H16FN3O3/c1-18(8-12-16-5-6-17-12)13(14(19)20)9-3-4-11(21-2)10(15)7-9/h3-7,13H,8H2,1-2H3,(H,16,17)(H,19,20). The number of carboxylic acids is 1. The summed E-state index contributed by atoms with van der Waals surface area (Å²) >= 11 is 0. The largest absolute Gasteiger partial charge is 0.494 e. The fourth-order valence-corrected chi connectivity index (χ4v) is 2.15. The zero-order chi connectivity index (χ0) is 15.4. The molecule has 0 saturated carbocycles. The number of hydrogen-bond acceptors (Lipinski definition) is 4. The zero-order valence-corrected chi connectivity index (χ0v) is 11.7. The number of aliphatic carboxylic acids is 1. The number of carboxylic acid groups (broad SMARTS) is 1. The molecule has 7 heteroatoms. The predicted octanol–water partition coefficient (Wildman–Crippen LogP) is 1.82. The van der Waals surface area contributed by atoms with Crippen molar-refractivity contribution in [3.8, 4) is 5.75 Å². The van der Waals surface area contributed by atoms with Gasteiger partial charge in [0.25, 0.3) is 0 Å². The molecule has 1 aromatic heterocycles. The van der Waals surface area contributed by atoms with Gasteiger partial charge in [0, 0.05) is 12.4 Å². The average molecular weight is 293 g/mol. The number of hydrogen-bond donors (Lipinski definition) is 2. The molecule has 0 bridgehead atoms. The van der Waals surface area contributed by atoms with Gasteiger partial charge in [-0.15, -0.1) is 0 Å². The highest BCUT2D eigenvalue weighted by molar-refractivity contribution is 5.75. The summed E-state index contributed by atoms with van der Waals surface area (Å²) in [4.78, 5) is 20.0. The molecule has 2 aromatic rings. The van der Waals surface area contributed by atoms with Crippen LogP contribution in [0.3, 0.4) is 0 Å². The maximum Gasteiger partial charge on any atom is 0.325 e. The third-order valence-corrected chi connectivity index (χ3v) is 3.12. The van der Waals surface area contributed by atoms with Crippen molar-refractivity contribution in [3.05, 3.63) is 47.8 Å². The van der Waals surface area contributed by atoms with Crippen molar-refractivity contribution in [2.45, 2.75) is 12.6 Å². The van der Waals surface area contributed by atoms with Gasteiger partial charge < -0.3 is 14.8 Å². The van der Waals surface area contributed by atoms with Gasteiger partial charge in [0.2, 0.25) is 0 Å². The lowest BCUT2D eigenvalue weighted by Crippen LogP contribution is -2.31. The second kappa shape index (κ2) is 6.36. The maximum atomic E-state index is 13.8. The number of aromatic amines is 1. The van der Waals surface area contributed by atoms with Crippen LogP contribution in [0.2, 0.25) is 0 Å². The number of likely N-dealkylation sites (N-methyl/N-ethyl adjacent to an activating group) is 1. The summed E-state index contributed by atoms with van der Waals surface area (Å²) in [5.41, 5.74) is 0.342. The van der Waals surface area contributed by atoms with Gasteiger partial charge in [-0.3, -0.25) is 9.69 Å². The number of halogens is 1. The van der Waals surface area contributed by atoms with Crippen LogP contribution in [-0.4, -0.2) is 40.1 Å². The number of ether oxygens (including phenoxy) is 1. The Hall–Kier alpha value is -2.41. The molecule has 0 aliphatic heterocycles. The highest BCUT2D eigenvalue weighted by Gasteiger charge is 2.26. The van der Waals surface area contributed by atoms with Gasteiger partial charge in [-0.05, 0) is 24.7 Å². The molecule has 1 atom stereocenters. The SMILES string of the molecule is COc1ccc(C(C(=O)O)N(C)Cc2ncc[nH]2)cc1F. The topological polar surface area (TPSA) is 78.5 Å². The first-order valence-corrected chi connectivity index (χ1v) is 6.27. The van der Waals surface area contributed by atoms with Crippen LogP contribution in [0, 0.1) is 5.82 Å². The molecule has 6 nitrogen and oxygen atoms in total. The predicted molar refractivity (Wildman–Crippen MR) is 73.4 cm³/mol. The van der Waals surface area contributed by atoms with E-state index in [1.807, 2.05) is 0 Å². The van der Waals surface area contributed by atoms with E-state index in [0.29, 0.717) is 17.9 Å².